The average Bonchev–Trinajstić information content (AvgIpc) is 2.73. The van der Waals surface area contributed by atoms with Gasteiger partial charge in [0.05, 0.1) is 0 Å². The number of carbonyl (C=O) groups is 1. The molecule has 0 spiro atoms. The van der Waals surface area contributed by atoms with E-state index in [9.17, 15) is 18.0 Å². The molecule has 0 fully saturated rings. The molecule has 0 unspecified atom stereocenters. The summed E-state index contributed by atoms with van der Waals surface area (Å²) in [6, 6.07) is 0. The van der Waals surface area contributed by atoms with Gasteiger partial charge in [-0.25, -0.2) is 9.78 Å². The third kappa shape index (κ3) is 20.5. The van der Waals surface area contributed by atoms with Crippen LogP contribution in [-0.4, -0.2) is 37.8 Å². The predicted octanol–water partition coefficient (Wildman–Crippen LogP) is 7.21. The second-order valence-electron chi connectivity index (χ2n) is 8.21. The standard InChI is InChI=1S/C24H41F3O5/c1-5-6-14-17-21(31-32-23(2,3)29-4)18-15-12-10-8-7-9-11-13-16-19-22(28)30-20-24(25,26)27/h10,12,15,18,21H,5-9,11,13-14,16-17,19-20H2,1-4H3/b12-10-,18-15+/t21-/m0/s1. The van der Waals surface area contributed by atoms with Gasteiger partial charge in [-0.1, -0.05) is 69.8 Å². The van der Waals surface area contributed by atoms with Crippen molar-refractivity contribution in [3.8, 4) is 0 Å². The molecule has 0 rings (SSSR count). The quantitative estimate of drug-likeness (QED) is 0.0502. The summed E-state index contributed by atoms with van der Waals surface area (Å²) >= 11 is 0. The number of alkyl halides is 3. The molecule has 0 saturated carbocycles. The third-order valence-corrected chi connectivity index (χ3v) is 4.68. The van der Waals surface area contributed by atoms with Gasteiger partial charge in [0.2, 0.25) is 0 Å². The van der Waals surface area contributed by atoms with Gasteiger partial charge in [0.25, 0.3) is 0 Å². The topological polar surface area (TPSA) is 54.0 Å². The normalized spacial score (nSPS) is 13.8. The van der Waals surface area contributed by atoms with Crippen LogP contribution >= 0.6 is 0 Å². The summed E-state index contributed by atoms with van der Waals surface area (Å²) in [7, 11) is 1.57. The van der Waals surface area contributed by atoms with E-state index in [2.05, 4.69) is 17.7 Å². The number of unbranched alkanes of at least 4 members (excludes halogenated alkanes) is 7. The molecule has 188 valence electrons. The first-order valence-corrected chi connectivity index (χ1v) is 11.5. The Hall–Kier alpha value is -1.38. The Kier molecular flexibility index (Phi) is 17.3. The third-order valence-electron chi connectivity index (χ3n) is 4.68. The Morgan fingerprint density at radius 3 is 2.31 bits per heavy atom. The van der Waals surface area contributed by atoms with Crippen molar-refractivity contribution in [3.05, 3.63) is 24.3 Å². The molecule has 0 N–H and O–H groups in total. The molecular weight excluding hydrogens is 425 g/mol. The molecule has 0 aromatic carbocycles. The molecule has 0 saturated heterocycles. The van der Waals surface area contributed by atoms with Crippen LogP contribution in [0.25, 0.3) is 0 Å². The fourth-order valence-corrected chi connectivity index (χ4v) is 2.64. The zero-order valence-corrected chi connectivity index (χ0v) is 20.0. The Bertz CT molecular complexity index is 530. The maximum Gasteiger partial charge on any atom is 0.422 e. The van der Waals surface area contributed by atoms with Crippen molar-refractivity contribution in [1.29, 1.82) is 0 Å². The molecule has 0 amide bonds. The van der Waals surface area contributed by atoms with Crippen LogP contribution in [0.1, 0.15) is 91.4 Å². The second kappa shape index (κ2) is 18.1. The molecule has 0 aromatic rings. The maximum atomic E-state index is 11.9. The minimum absolute atomic E-state index is 0.0353. The summed E-state index contributed by atoms with van der Waals surface area (Å²) in [6.07, 6.45) is 13.0. The predicted molar refractivity (Wildman–Crippen MR) is 119 cm³/mol. The van der Waals surface area contributed by atoms with E-state index >= 15 is 0 Å². The molecule has 0 aliphatic rings. The van der Waals surface area contributed by atoms with Gasteiger partial charge in [-0.2, -0.15) is 13.2 Å². The summed E-state index contributed by atoms with van der Waals surface area (Å²) < 4.78 is 45.2. The minimum atomic E-state index is -4.46. The lowest BCUT2D eigenvalue weighted by atomic mass is 10.1. The summed E-state index contributed by atoms with van der Waals surface area (Å²) in [4.78, 5) is 22.1. The number of ether oxygens (including phenoxy) is 2. The number of allylic oxidation sites excluding steroid dienone is 3. The molecule has 1 atom stereocenters. The number of carbonyl (C=O) groups excluding carboxylic acids is 1. The van der Waals surface area contributed by atoms with Crippen molar-refractivity contribution >= 4 is 5.97 Å². The summed E-state index contributed by atoms with van der Waals surface area (Å²) in [5.74, 6) is -1.58. The lowest BCUT2D eigenvalue weighted by molar-refractivity contribution is -0.425. The average molecular weight is 467 g/mol. The Balaban J connectivity index is 3.94. The van der Waals surface area contributed by atoms with Crippen LogP contribution in [0, 0.1) is 0 Å². The van der Waals surface area contributed by atoms with Crippen LogP contribution in [0.5, 0.6) is 0 Å². The van der Waals surface area contributed by atoms with Crippen LogP contribution < -0.4 is 0 Å². The summed E-state index contributed by atoms with van der Waals surface area (Å²) in [6.45, 7) is 4.24. The van der Waals surface area contributed by atoms with Gasteiger partial charge < -0.3 is 9.47 Å². The zero-order valence-electron chi connectivity index (χ0n) is 20.0. The fourth-order valence-electron chi connectivity index (χ4n) is 2.64. The molecule has 8 heteroatoms. The van der Waals surface area contributed by atoms with Crippen molar-refractivity contribution in [1.82, 2.24) is 0 Å². The van der Waals surface area contributed by atoms with Gasteiger partial charge in [-0.05, 0) is 39.5 Å². The number of hydrogen-bond donors (Lipinski definition) is 0. The summed E-state index contributed by atoms with van der Waals surface area (Å²) in [5, 5.41) is 0. The van der Waals surface area contributed by atoms with Crippen molar-refractivity contribution in [2.75, 3.05) is 13.7 Å². The first-order chi connectivity index (χ1) is 15.1. The van der Waals surface area contributed by atoms with Crippen LogP contribution in [0.3, 0.4) is 0 Å². The van der Waals surface area contributed by atoms with Crippen molar-refractivity contribution in [2.45, 2.75) is 109 Å². The van der Waals surface area contributed by atoms with E-state index in [-0.39, 0.29) is 12.5 Å². The molecule has 0 bridgehead atoms. The molecule has 5 nitrogen and oxygen atoms in total. The van der Waals surface area contributed by atoms with Gasteiger partial charge in [-0.3, -0.25) is 4.79 Å². The smallest absolute Gasteiger partial charge is 0.422 e. The molecular formula is C24H41F3O5. The molecule has 32 heavy (non-hydrogen) atoms. The van der Waals surface area contributed by atoms with Crippen molar-refractivity contribution in [3.63, 3.8) is 0 Å². The molecule has 0 aliphatic heterocycles. The minimum Gasteiger partial charge on any atom is -0.456 e. The number of rotatable bonds is 19. The molecule has 0 heterocycles. The van der Waals surface area contributed by atoms with Crippen LogP contribution in [0.2, 0.25) is 0 Å². The lowest BCUT2D eigenvalue weighted by Gasteiger charge is -2.24. The largest absolute Gasteiger partial charge is 0.456 e. The van der Waals surface area contributed by atoms with Crippen LogP contribution in [0.4, 0.5) is 13.2 Å². The van der Waals surface area contributed by atoms with E-state index in [0.717, 1.165) is 57.8 Å². The van der Waals surface area contributed by atoms with Crippen LogP contribution in [-0.2, 0) is 24.0 Å². The van der Waals surface area contributed by atoms with Gasteiger partial charge in [0.15, 0.2) is 12.4 Å². The SMILES string of the molecule is CCCCC[C@@H](/C=C/C=C\CCCCCCCC(=O)OCC(F)(F)F)OOC(C)(C)OC. The highest BCUT2D eigenvalue weighted by molar-refractivity contribution is 5.69. The van der Waals surface area contributed by atoms with Gasteiger partial charge >= 0.3 is 12.1 Å². The number of methoxy groups -OCH3 is 1. The second-order valence-corrected chi connectivity index (χ2v) is 8.21. The van der Waals surface area contributed by atoms with E-state index in [1.807, 2.05) is 18.2 Å². The van der Waals surface area contributed by atoms with Crippen LogP contribution in [0.15, 0.2) is 24.3 Å². The van der Waals surface area contributed by atoms with E-state index in [1.165, 1.54) is 0 Å². The highest BCUT2D eigenvalue weighted by Crippen LogP contribution is 2.16. The number of hydrogen-bond acceptors (Lipinski definition) is 5. The zero-order chi connectivity index (χ0) is 24.3. The fraction of sp³-hybridized carbons (Fsp3) is 0.792. The Morgan fingerprint density at radius 1 is 0.969 bits per heavy atom. The highest BCUT2D eigenvalue weighted by atomic mass is 19.4. The van der Waals surface area contributed by atoms with E-state index in [4.69, 9.17) is 14.5 Å². The van der Waals surface area contributed by atoms with Crippen molar-refractivity contribution < 1.29 is 37.2 Å². The molecule has 0 aliphatic carbocycles. The number of esters is 1. The van der Waals surface area contributed by atoms with Gasteiger partial charge in [-0.15, -0.1) is 0 Å². The lowest BCUT2D eigenvalue weighted by Crippen LogP contribution is -2.29. The van der Waals surface area contributed by atoms with Crippen molar-refractivity contribution in [2.24, 2.45) is 0 Å². The van der Waals surface area contributed by atoms with E-state index in [0.29, 0.717) is 6.42 Å². The first kappa shape index (κ1) is 30.6. The van der Waals surface area contributed by atoms with E-state index in [1.54, 1.807) is 21.0 Å². The number of halogens is 3. The maximum absolute atomic E-state index is 11.9. The van der Waals surface area contributed by atoms with Gasteiger partial charge in [0.1, 0.15) is 6.10 Å². The Morgan fingerprint density at radius 2 is 1.66 bits per heavy atom. The monoisotopic (exact) mass is 466 g/mol. The molecule has 0 radical (unpaired) electrons. The van der Waals surface area contributed by atoms with E-state index < -0.39 is 24.5 Å². The highest BCUT2D eigenvalue weighted by Gasteiger charge is 2.29. The molecule has 0 aromatic heterocycles. The summed E-state index contributed by atoms with van der Waals surface area (Å²) in [5.41, 5.74) is 0. The van der Waals surface area contributed by atoms with Gasteiger partial charge in [0, 0.05) is 13.5 Å². The first-order valence-electron chi connectivity index (χ1n) is 11.5. The Labute approximate surface area is 191 Å².